The predicted molar refractivity (Wildman–Crippen MR) is 113 cm³/mol. The molecule has 0 spiro atoms. The van der Waals surface area contributed by atoms with E-state index in [4.69, 9.17) is 14.6 Å². The molecular formula is C21H25N5O6. The third-order valence-corrected chi connectivity index (χ3v) is 4.68. The van der Waals surface area contributed by atoms with Gasteiger partial charge in [0.2, 0.25) is 5.91 Å². The number of carbonyl (C=O) groups excluding carboxylic acids is 3. The van der Waals surface area contributed by atoms with Crippen LogP contribution in [0, 0.1) is 5.41 Å². The van der Waals surface area contributed by atoms with Gasteiger partial charge in [-0.05, 0) is 17.7 Å². The molecule has 1 aromatic heterocycles. The lowest BCUT2D eigenvalue weighted by Crippen LogP contribution is -2.32. The minimum atomic E-state index is -0.783. The Kier molecular flexibility index (Phi) is 6.89. The summed E-state index contributed by atoms with van der Waals surface area (Å²) in [6.07, 6.45) is 0.145. The molecule has 3 amide bonds. The van der Waals surface area contributed by atoms with Crippen molar-refractivity contribution in [2.24, 2.45) is 10.6 Å². The summed E-state index contributed by atoms with van der Waals surface area (Å²) in [7, 11) is 0. The van der Waals surface area contributed by atoms with Crippen LogP contribution in [0.15, 0.2) is 40.0 Å². The van der Waals surface area contributed by atoms with Crippen molar-refractivity contribution in [1.29, 1.82) is 0 Å². The Morgan fingerprint density at radius 3 is 2.69 bits per heavy atom. The summed E-state index contributed by atoms with van der Waals surface area (Å²) >= 11 is 0. The number of hydrogen-bond donors (Lipinski definition) is 4. The normalized spacial score (nSPS) is 15.5. The van der Waals surface area contributed by atoms with Gasteiger partial charge in [-0.3, -0.25) is 19.6 Å². The van der Waals surface area contributed by atoms with Gasteiger partial charge in [-0.2, -0.15) is 0 Å². The molecule has 1 aliphatic rings. The Bertz CT molecular complexity index is 1040. The number of rotatable bonds is 7. The number of hydroxylamine groups is 1. The molecule has 11 nitrogen and oxygen atoms in total. The van der Waals surface area contributed by atoms with Crippen LogP contribution in [0.25, 0.3) is 0 Å². The van der Waals surface area contributed by atoms with Crippen LogP contribution in [0.1, 0.15) is 55.1 Å². The molecule has 32 heavy (non-hydrogen) atoms. The van der Waals surface area contributed by atoms with Crippen LogP contribution in [0.4, 0.5) is 5.69 Å². The standard InChI is InChI=1S/C21H25N5O6/c1-21(2,3)20(29)23-13-6-4-5-12(9-13)17-11-16(26-32-17)18(27)22-8-7-14-10-15(25-31-14)19(28)24-30/h4-6,9-10,17,30H,7-8,11H2,1-3H3,(H,22,27)(H,23,29)(H,24,28). The molecule has 0 bridgehead atoms. The molecule has 0 fully saturated rings. The average molecular weight is 443 g/mol. The minimum absolute atomic E-state index is 0.0637. The number of amides is 3. The van der Waals surface area contributed by atoms with Crippen LogP contribution in [-0.2, 0) is 20.8 Å². The number of hydrogen-bond acceptors (Lipinski definition) is 8. The number of oxime groups is 1. The summed E-state index contributed by atoms with van der Waals surface area (Å²) < 4.78 is 4.97. The number of benzene rings is 1. The lowest BCUT2D eigenvalue weighted by atomic mass is 9.95. The van der Waals surface area contributed by atoms with Gasteiger partial charge in [0, 0.05) is 36.6 Å². The van der Waals surface area contributed by atoms with Crippen molar-refractivity contribution in [3.05, 3.63) is 47.3 Å². The van der Waals surface area contributed by atoms with Gasteiger partial charge < -0.3 is 20.0 Å². The molecule has 11 heteroatoms. The van der Waals surface area contributed by atoms with E-state index in [0.717, 1.165) is 5.56 Å². The van der Waals surface area contributed by atoms with Crippen LogP contribution in [0.2, 0.25) is 0 Å². The second kappa shape index (κ2) is 9.60. The Morgan fingerprint density at radius 2 is 1.97 bits per heavy atom. The summed E-state index contributed by atoms with van der Waals surface area (Å²) in [4.78, 5) is 41.2. The number of nitrogens with one attached hydrogen (secondary N) is 3. The van der Waals surface area contributed by atoms with Crippen molar-refractivity contribution in [2.75, 3.05) is 11.9 Å². The van der Waals surface area contributed by atoms with E-state index in [9.17, 15) is 14.4 Å². The molecule has 170 valence electrons. The first-order valence-corrected chi connectivity index (χ1v) is 9.99. The van der Waals surface area contributed by atoms with Crippen molar-refractivity contribution in [3.8, 4) is 0 Å². The first-order chi connectivity index (χ1) is 15.2. The quantitative estimate of drug-likeness (QED) is 0.376. The summed E-state index contributed by atoms with van der Waals surface area (Å²) in [6, 6.07) is 8.61. The predicted octanol–water partition coefficient (Wildman–Crippen LogP) is 1.95. The molecule has 1 atom stereocenters. The lowest BCUT2D eigenvalue weighted by Gasteiger charge is -2.18. The largest absolute Gasteiger partial charge is 0.387 e. The van der Waals surface area contributed by atoms with Gasteiger partial charge in [-0.1, -0.05) is 43.2 Å². The van der Waals surface area contributed by atoms with Crippen LogP contribution < -0.4 is 16.1 Å². The number of carbonyl (C=O) groups is 3. The zero-order valence-corrected chi connectivity index (χ0v) is 18.0. The van der Waals surface area contributed by atoms with E-state index in [1.54, 1.807) is 18.2 Å². The van der Waals surface area contributed by atoms with Crippen molar-refractivity contribution in [1.82, 2.24) is 16.0 Å². The van der Waals surface area contributed by atoms with Crippen molar-refractivity contribution >= 4 is 29.1 Å². The maximum Gasteiger partial charge on any atom is 0.296 e. The Labute approximate surface area is 184 Å². The van der Waals surface area contributed by atoms with Gasteiger partial charge in [-0.25, -0.2) is 5.48 Å². The van der Waals surface area contributed by atoms with E-state index < -0.39 is 17.4 Å². The molecule has 2 heterocycles. The van der Waals surface area contributed by atoms with Crippen LogP contribution in [0.5, 0.6) is 0 Å². The second-order valence-electron chi connectivity index (χ2n) is 8.29. The molecular weight excluding hydrogens is 418 g/mol. The van der Waals surface area contributed by atoms with E-state index in [1.807, 2.05) is 26.8 Å². The van der Waals surface area contributed by atoms with Gasteiger partial charge >= 0.3 is 0 Å². The van der Waals surface area contributed by atoms with Crippen LogP contribution in [-0.4, -0.2) is 40.3 Å². The lowest BCUT2D eigenvalue weighted by molar-refractivity contribution is -0.123. The fourth-order valence-electron chi connectivity index (χ4n) is 2.82. The molecule has 1 aromatic carbocycles. The average Bonchev–Trinajstić information content (AvgIpc) is 3.43. The molecule has 0 aliphatic carbocycles. The topological polar surface area (TPSA) is 155 Å². The zero-order valence-electron chi connectivity index (χ0n) is 18.0. The maximum atomic E-state index is 12.4. The third kappa shape index (κ3) is 5.70. The van der Waals surface area contributed by atoms with Gasteiger partial charge in [0.1, 0.15) is 11.5 Å². The third-order valence-electron chi connectivity index (χ3n) is 4.68. The summed E-state index contributed by atoms with van der Waals surface area (Å²) in [5, 5.41) is 21.6. The monoisotopic (exact) mass is 443 g/mol. The molecule has 0 saturated carbocycles. The minimum Gasteiger partial charge on any atom is -0.387 e. The molecule has 0 radical (unpaired) electrons. The fraction of sp³-hybridized carbons (Fsp3) is 0.381. The Balaban J connectivity index is 1.50. The first-order valence-electron chi connectivity index (χ1n) is 9.99. The molecule has 1 unspecified atom stereocenters. The number of anilines is 1. The highest BCUT2D eigenvalue weighted by molar-refractivity contribution is 6.39. The Morgan fingerprint density at radius 1 is 1.19 bits per heavy atom. The molecule has 2 aromatic rings. The van der Waals surface area contributed by atoms with E-state index in [2.05, 4.69) is 20.9 Å². The van der Waals surface area contributed by atoms with Crippen molar-refractivity contribution in [2.45, 2.75) is 39.7 Å². The summed E-state index contributed by atoms with van der Waals surface area (Å²) in [5.41, 5.74) is 2.56. The van der Waals surface area contributed by atoms with Gasteiger partial charge in [0.15, 0.2) is 11.8 Å². The van der Waals surface area contributed by atoms with E-state index >= 15 is 0 Å². The SMILES string of the molecule is CC(C)(C)C(=O)Nc1cccc(C2CC(C(=O)NCCc3cc(C(=O)NO)no3)=NO2)c1. The molecule has 1 aliphatic heterocycles. The van der Waals surface area contributed by atoms with Crippen LogP contribution in [0.3, 0.4) is 0 Å². The maximum absolute atomic E-state index is 12.4. The number of nitrogens with zero attached hydrogens (tertiary/aromatic N) is 2. The molecule has 4 N–H and O–H groups in total. The smallest absolute Gasteiger partial charge is 0.296 e. The zero-order chi connectivity index (χ0) is 23.3. The highest BCUT2D eigenvalue weighted by atomic mass is 16.6. The fourth-order valence-corrected chi connectivity index (χ4v) is 2.82. The first kappa shape index (κ1) is 22.9. The number of aromatic nitrogens is 1. The van der Waals surface area contributed by atoms with Gasteiger partial charge in [0.05, 0.1) is 0 Å². The molecule has 3 rings (SSSR count). The molecule has 0 saturated heterocycles. The highest BCUT2D eigenvalue weighted by Crippen LogP contribution is 2.29. The second-order valence-corrected chi connectivity index (χ2v) is 8.29. The van der Waals surface area contributed by atoms with E-state index in [0.29, 0.717) is 17.9 Å². The van der Waals surface area contributed by atoms with E-state index in [-0.39, 0.29) is 36.2 Å². The van der Waals surface area contributed by atoms with Crippen LogP contribution >= 0.6 is 0 Å². The van der Waals surface area contributed by atoms with Crippen molar-refractivity contribution < 1.29 is 29.0 Å². The summed E-state index contributed by atoms with van der Waals surface area (Å²) in [6.45, 7) is 5.72. The van der Waals surface area contributed by atoms with Gasteiger partial charge in [-0.15, -0.1) is 0 Å². The van der Waals surface area contributed by atoms with Gasteiger partial charge in [0.25, 0.3) is 11.8 Å². The summed E-state index contributed by atoms with van der Waals surface area (Å²) in [5.74, 6) is -0.887. The van der Waals surface area contributed by atoms with Crippen molar-refractivity contribution in [3.63, 3.8) is 0 Å². The highest BCUT2D eigenvalue weighted by Gasteiger charge is 2.28. The van der Waals surface area contributed by atoms with E-state index in [1.165, 1.54) is 11.5 Å². The Hall–Kier alpha value is -3.73.